The molecule has 0 saturated heterocycles. The van der Waals surface area contributed by atoms with Crippen LogP contribution in [0.5, 0.6) is 11.5 Å². The van der Waals surface area contributed by atoms with Crippen molar-refractivity contribution < 1.29 is 33.5 Å². The molecule has 0 N–H and O–H groups in total. The number of methoxy groups -OCH3 is 2. The maximum atomic E-state index is 12.4. The zero-order valence-corrected chi connectivity index (χ0v) is 19.4. The van der Waals surface area contributed by atoms with Crippen molar-refractivity contribution >= 4 is 52.2 Å². The molecule has 0 spiro atoms. The van der Waals surface area contributed by atoms with Gasteiger partial charge in [0, 0.05) is 17.2 Å². The van der Waals surface area contributed by atoms with Gasteiger partial charge in [0.2, 0.25) is 5.90 Å². The van der Waals surface area contributed by atoms with Crippen LogP contribution in [-0.4, -0.2) is 43.6 Å². The molecule has 3 rings (SSSR count). The number of halogens is 1. The Labute approximate surface area is 196 Å². The van der Waals surface area contributed by atoms with Crippen LogP contribution in [0, 0.1) is 20.6 Å². The molecule has 166 valence electrons. The summed E-state index contributed by atoms with van der Waals surface area (Å²) in [6.45, 7) is 1.28. The summed E-state index contributed by atoms with van der Waals surface area (Å²) in [7, 11) is 2.70. The van der Waals surface area contributed by atoms with E-state index in [0.717, 1.165) is 0 Å². The molecule has 11 heteroatoms. The van der Waals surface area contributed by atoms with Gasteiger partial charge in [0.05, 0.1) is 22.7 Å². The van der Waals surface area contributed by atoms with Gasteiger partial charge < -0.3 is 18.9 Å². The average Bonchev–Trinajstić information content (AvgIpc) is 3.12. The van der Waals surface area contributed by atoms with Crippen LogP contribution < -0.4 is 9.47 Å². The monoisotopic (exact) mass is 552 g/mol. The number of ether oxygens (including phenoxy) is 4. The van der Waals surface area contributed by atoms with Crippen molar-refractivity contribution in [2.24, 2.45) is 4.99 Å². The molecule has 2 aromatic rings. The number of nitrogens with zero attached hydrogens (tertiary/aromatic N) is 2. The first-order chi connectivity index (χ1) is 15.2. The van der Waals surface area contributed by atoms with E-state index in [9.17, 15) is 19.7 Å². The Kier molecular flexibility index (Phi) is 7.08. The van der Waals surface area contributed by atoms with E-state index in [2.05, 4.69) is 9.73 Å². The van der Waals surface area contributed by atoms with Crippen LogP contribution >= 0.6 is 22.6 Å². The summed E-state index contributed by atoms with van der Waals surface area (Å²) in [6, 6.07) is 7.78. The molecule has 10 nitrogen and oxygen atoms in total. The van der Waals surface area contributed by atoms with Crippen molar-refractivity contribution in [1.82, 2.24) is 0 Å². The van der Waals surface area contributed by atoms with Crippen molar-refractivity contribution in [2.45, 2.75) is 6.92 Å². The molecule has 1 aliphatic rings. The fourth-order valence-electron chi connectivity index (χ4n) is 2.89. The SMILES string of the molecule is COC(=O)COc1c(I)cc(/C=C2\N=C(c3cccc([N+](=O)[O-])c3C)OC2=O)cc1OC. The summed E-state index contributed by atoms with van der Waals surface area (Å²) in [6.07, 6.45) is 1.50. The second kappa shape index (κ2) is 9.77. The molecular weight excluding hydrogens is 535 g/mol. The van der Waals surface area contributed by atoms with Crippen LogP contribution in [0.25, 0.3) is 6.08 Å². The maximum Gasteiger partial charge on any atom is 0.363 e. The summed E-state index contributed by atoms with van der Waals surface area (Å²) in [5, 5.41) is 11.2. The van der Waals surface area contributed by atoms with E-state index >= 15 is 0 Å². The van der Waals surface area contributed by atoms with Gasteiger partial charge in [-0.15, -0.1) is 0 Å². The van der Waals surface area contributed by atoms with E-state index < -0.39 is 16.9 Å². The summed E-state index contributed by atoms with van der Waals surface area (Å²) in [5.74, 6) is -0.544. The average molecular weight is 552 g/mol. The van der Waals surface area contributed by atoms with Crippen LogP contribution in [0.1, 0.15) is 16.7 Å². The number of carbonyl (C=O) groups excluding carboxylic acids is 2. The first-order valence-corrected chi connectivity index (χ1v) is 10.2. The summed E-state index contributed by atoms with van der Waals surface area (Å²) < 4.78 is 21.3. The number of benzene rings is 2. The zero-order chi connectivity index (χ0) is 23.4. The Morgan fingerprint density at radius 3 is 2.72 bits per heavy atom. The van der Waals surface area contributed by atoms with Crippen molar-refractivity contribution in [3.8, 4) is 11.5 Å². The van der Waals surface area contributed by atoms with Crippen molar-refractivity contribution in [1.29, 1.82) is 0 Å². The minimum atomic E-state index is -0.689. The number of aliphatic imine (C=N–C) groups is 1. The molecule has 0 saturated carbocycles. The molecule has 0 unspecified atom stereocenters. The smallest absolute Gasteiger partial charge is 0.363 e. The normalized spacial score (nSPS) is 14.1. The van der Waals surface area contributed by atoms with Crippen molar-refractivity contribution in [2.75, 3.05) is 20.8 Å². The lowest BCUT2D eigenvalue weighted by atomic mass is 10.1. The fraction of sp³-hybridized carbons (Fsp3) is 0.190. The Hall–Kier alpha value is -3.48. The minimum Gasteiger partial charge on any atom is -0.493 e. The number of carbonyl (C=O) groups is 2. The highest BCUT2D eigenvalue weighted by molar-refractivity contribution is 14.1. The largest absolute Gasteiger partial charge is 0.493 e. The van der Waals surface area contributed by atoms with Crippen LogP contribution in [0.15, 0.2) is 41.0 Å². The van der Waals surface area contributed by atoms with Gasteiger partial charge in [-0.1, -0.05) is 6.07 Å². The minimum absolute atomic E-state index is 0.0119. The molecule has 1 aliphatic heterocycles. The van der Waals surface area contributed by atoms with Gasteiger partial charge in [-0.3, -0.25) is 10.1 Å². The van der Waals surface area contributed by atoms with Gasteiger partial charge in [0.15, 0.2) is 23.8 Å². The number of rotatable bonds is 7. The third-order valence-electron chi connectivity index (χ3n) is 4.47. The molecule has 0 atom stereocenters. The van der Waals surface area contributed by atoms with Crippen LogP contribution in [0.2, 0.25) is 0 Å². The Morgan fingerprint density at radius 2 is 2.06 bits per heavy atom. The summed E-state index contributed by atoms with van der Waals surface area (Å²) >= 11 is 2.01. The van der Waals surface area contributed by atoms with Crippen molar-refractivity contribution in [3.63, 3.8) is 0 Å². The molecule has 0 radical (unpaired) electrons. The molecule has 0 aliphatic carbocycles. The van der Waals surface area contributed by atoms with Crippen molar-refractivity contribution in [3.05, 3.63) is 66.4 Å². The number of nitro groups is 1. The van der Waals surface area contributed by atoms with E-state index in [1.54, 1.807) is 25.1 Å². The van der Waals surface area contributed by atoms with E-state index in [4.69, 9.17) is 14.2 Å². The van der Waals surface area contributed by atoms with Gasteiger partial charge in [-0.2, -0.15) is 0 Å². The summed E-state index contributed by atoms with van der Waals surface area (Å²) in [4.78, 5) is 38.6. The molecule has 0 fully saturated rings. The predicted molar refractivity (Wildman–Crippen MR) is 122 cm³/mol. The highest BCUT2D eigenvalue weighted by atomic mass is 127. The highest BCUT2D eigenvalue weighted by Crippen LogP contribution is 2.35. The third-order valence-corrected chi connectivity index (χ3v) is 5.27. The van der Waals surface area contributed by atoms with Crippen LogP contribution in [0.3, 0.4) is 0 Å². The van der Waals surface area contributed by atoms with Crippen LogP contribution in [-0.2, 0) is 19.1 Å². The lowest BCUT2D eigenvalue weighted by molar-refractivity contribution is -0.385. The van der Waals surface area contributed by atoms with Crippen LogP contribution in [0.4, 0.5) is 5.69 Å². The standard InChI is InChI=1S/C21H17IN2O8/c1-11-13(5-4-6-16(11)24(27)28)20-23-15(21(26)32-20)8-12-7-14(22)19(17(9-12)29-2)31-10-18(25)30-3/h4-9H,10H2,1-3H3/b15-8-. The van der Waals surface area contributed by atoms with Gasteiger partial charge in [0.1, 0.15) is 0 Å². The van der Waals surface area contributed by atoms with E-state index in [1.807, 2.05) is 22.6 Å². The summed E-state index contributed by atoms with van der Waals surface area (Å²) in [5.41, 5.74) is 1.19. The fourth-order valence-corrected chi connectivity index (χ4v) is 3.67. The molecular formula is C21H17IN2O8. The molecule has 0 aromatic heterocycles. The Balaban J connectivity index is 1.95. The molecule has 1 heterocycles. The number of hydrogen-bond donors (Lipinski definition) is 0. The highest BCUT2D eigenvalue weighted by Gasteiger charge is 2.27. The Bertz CT molecular complexity index is 1170. The van der Waals surface area contributed by atoms with E-state index in [-0.39, 0.29) is 23.9 Å². The molecule has 0 amide bonds. The lowest BCUT2D eigenvalue weighted by Crippen LogP contribution is -2.13. The van der Waals surface area contributed by atoms with E-state index in [1.165, 1.54) is 32.4 Å². The number of cyclic esters (lactones) is 1. The molecule has 2 aromatic carbocycles. The number of hydrogen-bond acceptors (Lipinski definition) is 9. The first-order valence-electron chi connectivity index (χ1n) is 9.09. The quantitative estimate of drug-likeness (QED) is 0.168. The van der Waals surface area contributed by atoms with Gasteiger partial charge >= 0.3 is 11.9 Å². The first kappa shape index (κ1) is 23.2. The third kappa shape index (κ3) is 4.88. The second-order valence-electron chi connectivity index (χ2n) is 6.44. The molecule has 0 bridgehead atoms. The van der Waals surface area contributed by atoms with Gasteiger partial charge in [-0.05, 0) is 59.4 Å². The lowest BCUT2D eigenvalue weighted by Gasteiger charge is -2.12. The Morgan fingerprint density at radius 1 is 1.31 bits per heavy atom. The van der Waals surface area contributed by atoms with Gasteiger partial charge in [0.25, 0.3) is 5.69 Å². The number of esters is 2. The van der Waals surface area contributed by atoms with Gasteiger partial charge in [-0.25, -0.2) is 14.6 Å². The van der Waals surface area contributed by atoms with E-state index in [0.29, 0.717) is 31.8 Å². The topological polar surface area (TPSA) is 127 Å². The molecule has 32 heavy (non-hydrogen) atoms. The maximum absolute atomic E-state index is 12.4. The predicted octanol–water partition coefficient (Wildman–Crippen LogP) is 3.41. The number of nitro benzene ring substituents is 1. The zero-order valence-electron chi connectivity index (χ0n) is 17.2. The second-order valence-corrected chi connectivity index (χ2v) is 7.60.